The summed E-state index contributed by atoms with van der Waals surface area (Å²) in [5, 5.41) is 10.0. The third-order valence-corrected chi connectivity index (χ3v) is 4.70. The molecule has 0 saturated carbocycles. The van der Waals surface area contributed by atoms with Gasteiger partial charge in [0.1, 0.15) is 11.9 Å². The van der Waals surface area contributed by atoms with Crippen molar-refractivity contribution in [2.24, 2.45) is 0 Å². The second kappa shape index (κ2) is 9.42. The van der Waals surface area contributed by atoms with Gasteiger partial charge in [-0.05, 0) is 56.0 Å². The minimum atomic E-state index is -0.595. The van der Waals surface area contributed by atoms with E-state index < -0.39 is 6.10 Å². The minimum absolute atomic E-state index is 0.595. The number of para-hydroxylation sites is 2. The SMILES string of the molecule is C=CCc1ccc(OCCCCn2c(C(C)O)nc3ccccc32)c(OC)c1. The van der Waals surface area contributed by atoms with E-state index in [2.05, 4.69) is 16.1 Å². The highest BCUT2D eigenvalue weighted by atomic mass is 16.5. The van der Waals surface area contributed by atoms with Crippen LogP contribution in [0.5, 0.6) is 11.5 Å². The summed E-state index contributed by atoms with van der Waals surface area (Å²) in [5.41, 5.74) is 3.12. The van der Waals surface area contributed by atoms with Crippen LogP contribution in [-0.2, 0) is 13.0 Å². The molecule has 0 amide bonds. The van der Waals surface area contributed by atoms with Crippen molar-refractivity contribution in [1.29, 1.82) is 0 Å². The number of allylic oxidation sites excluding steroid dienone is 1. The lowest BCUT2D eigenvalue weighted by molar-refractivity contribution is 0.184. The second-order valence-corrected chi connectivity index (χ2v) is 6.82. The molecule has 0 radical (unpaired) electrons. The van der Waals surface area contributed by atoms with Crippen LogP contribution in [0.1, 0.15) is 37.3 Å². The van der Waals surface area contributed by atoms with E-state index >= 15 is 0 Å². The van der Waals surface area contributed by atoms with Crippen LogP contribution in [0.15, 0.2) is 55.1 Å². The van der Waals surface area contributed by atoms with Gasteiger partial charge < -0.3 is 19.1 Å². The maximum Gasteiger partial charge on any atom is 0.161 e. The Hall–Kier alpha value is -2.79. The zero-order valence-corrected chi connectivity index (χ0v) is 16.6. The predicted octanol–water partition coefficient (Wildman–Crippen LogP) is 4.69. The first kappa shape index (κ1) is 20.0. The molecule has 148 valence electrons. The molecule has 1 atom stereocenters. The van der Waals surface area contributed by atoms with Crippen LogP contribution in [0.4, 0.5) is 0 Å². The Morgan fingerprint density at radius 3 is 2.75 bits per heavy atom. The molecule has 1 aromatic heterocycles. The molecule has 1 heterocycles. The molecule has 0 bridgehead atoms. The van der Waals surface area contributed by atoms with Crippen LogP contribution in [0, 0.1) is 0 Å². The van der Waals surface area contributed by atoms with Crippen molar-refractivity contribution in [2.45, 2.75) is 38.8 Å². The van der Waals surface area contributed by atoms with Gasteiger partial charge in [-0.3, -0.25) is 0 Å². The van der Waals surface area contributed by atoms with Crippen LogP contribution in [0.3, 0.4) is 0 Å². The fraction of sp³-hybridized carbons (Fsp3) is 0.348. The van der Waals surface area contributed by atoms with E-state index in [0.717, 1.165) is 53.9 Å². The molecule has 0 aliphatic heterocycles. The number of aliphatic hydroxyl groups is 1. The standard InChI is InChI=1S/C23H28N2O3/c1-4-9-18-12-13-21(22(16-18)27-3)28-15-8-7-14-25-20-11-6-5-10-19(20)24-23(25)17(2)26/h4-6,10-13,16-17,26H,1,7-9,14-15H2,2-3H3. The number of imidazole rings is 1. The Balaban J connectivity index is 1.58. The normalized spacial score (nSPS) is 12.1. The molecule has 28 heavy (non-hydrogen) atoms. The molecule has 0 fully saturated rings. The molecule has 3 aromatic rings. The largest absolute Gasteiger partial charge is 0.493 e. The number of nitrogens with zero attached hydrogens (tertiary/aromatic N) is 2. The summed E-state index contributed by atoms with van der Waals surface area (Å²) in [4.78, 5) is 4.56. The number of aromatic nitrogens is 2. The number of hydrogen-bond acceptors (Lipinski definition) is 4. The lowest BCUT2D eigenvalue weighted by atomic mass is 10.1. The maximum absolute atomic E-state index is 10.0. The Morgan fingerprint density at radius 1 is 1.18 bits per heavy atom. The monoisotopic (exact) mass is 380 g/mol. The van der Waals surface area contributed by atoms with E-state index in [1.807, 2.05) is 48.5 Å². The molecule has 3 rings (SSSR count). The van der Waals surface area contributed by atoms with E-state index in [0.29, 0.717) is 12.4 Å². The molecule has 0 aliphatic rings. The average molecular weight is 380 g/mol. The predicted molar refractivity (Wildman–Crippen MR) is 112 cm³/mol. The highest BCUT2D eigenvalue weighted by Gasteiger charge is 2.14. The van der Waals surface area contributed by atoms with Crippen LogP contribution in [0.25, 0.3) is 11.0 Å². The summed E-state index contributed by atoms with van der Waals surface area (Å²) < 4.78 is 13.5. The zero-order chi connectivity index (χ0) is 19.9. The number of aryl methyl sites for hydroxylation is 1. The number of ether oxygens (including phenoxy) is 2. The van der Waals surface area contributed by atoms with Gasteiger partial charge in [-0.25, -0.2) is 4.98 Å². The molecule has 0 saturated heterocycles. The first-order valence-corrected chi connectivity index (χ1v) is 9.68. The number of hydrogen-bond donors (Lipinski definition) is 1. The summed E-state index contributed by atoms with van der Waals surface area (Å²) in [5.74, 6) is 2.21. The maximum atomic E-state index is 10.0. The Morgan fingerprint density at radius 2 is 2.00 bits per heavy atom. The molecular weight excluding hydrogens is 352 g/mol. The molecule has 0 spiro atoms. The van der Waals surface area contributed by atoms with E-state index in [1.54, 1.807) is 14.0 Å². The van der Waals surface area contributed by atoms with Gasteiger partial charge in [-0.15, -0.1) is 6.58 Å². The number of rotatable bonds is 10. The average Bonchev–Trinajstić information content (AvgIpc) is 3.08. The summed E-state index contributed by atoms with van der Waals surface area (Å²) in [6.07, 6.45) is 3.90. The number of aliphatic hydroxyl groups excluding tert-OH is 1. The van der Waals surface area contributed by atoms with Gasteiger partial charge >= 0.3 is 0 Å². The van der Waals surface area contributed by atoms with E-state index in [-0.39, 0.29) is 0 Å². The van der Waals surface area contributed by atoms with Crippen molar-refractivity contribution < 1.29 is 14.6 Å². The van der Waals surface area contributed by atoms with Gasteiger partial charge in [-0.1, -0.05) is 24.3 Å². The smallest absolute Gasteiger partial charge is 0.161 e. The first-order valence-electron chi connectivity index (χ1n) is 9.68. The molecule has 5 heteroatoms. The van der Waals surface area contributed by atoms with Gasteiger partial charge in [0.2, 0.25) is 0 Å². The Kier molecular flexibility index (Phi) is 6.71. The van der Waals surface area contributed by atoms with Crippen LogP contribution in [0.2, 0.25) is 0 Å². The quantitative estimate of drug-likeness (QED) is 0.410. The Labute approximate surface area is 166 Å². The molecule has 2 aromatic carbocycles. The van der Waals surface area contributed by atoms with Crippen molar-refractivity contribution in [3.63, 3.8) is 0 Å². The van der Waals surface area contributed by atoms with Gasteiger partial charge in [0, 0.05) is 6.54 Å². The highest BCUT2D eigenvalue weighted by Crippen LogP contribution is 2.28. The first-order chi connectivity index (χ1) is 13.6. The number of unbranched alkanes of at least 4 members (excludes halogenated alkanes) is 1. The number of benzene rings is 2. The van der Waals surface area contributed by atoms with Gasteiger partial charge in [0.25, 0.3) is 0 Å². The molecule has 0 aliphatic carbocycles. The minimum Gasteiger partial charge on any atom is -0.493 e. The van der Waals surface area contributed by atoms with Crippen molar-refractivity contribution in [3.8, 4) is 11.5 Å². The number of fused-ring (bicyclic) bond motifs is 1. The molecule has 5 nitrogen and oxygen atoms in total. The van der Waals surface area contributed by atoms with Gasteiger partial charge in [-0.2, -0.15) is 0 Å². The summed E-state index contributed by atoms with van der Waals surface area (Å²) in [7, 11) is 1.65. The van der Waals surface area contributed by atoms with Crippen LogP contribution in [-0.4, -0.2) is 28.4 Å². The van der Waals surface area contributed by atoms with E-state index in [1.165, 1.54) is 0 Å². The summed E-state index contributed by atoms with van der Waals surface area (Å²) in [6, 6.07) is 14.0. The lowest BCUT2D eigenvalue weighted by Gasteiger charge is -2.13. The lowest BCUT2D eigenvalue weighted by Crippen LogP contribution is -2.08. The van der Waals surface area contributed by atoms with Crippen LogP contribution >= 0.6 is 0 Å². The zero-order valence-electron chi connectivity index (χ0n) is 16.6. The topological polar surface area (TPSA) is 56.5 Å². The van der Waals surface area contributed by atoms with Crippen molar-refractivity contribution in [2.75, 3.05) is 13.7 Å². The van der Waals surface area contributed by atoms with Crippen molar-refractivity contribution in [1.82, 2.24) is 9.55 Å². The number of methoxy groups -OCH3 is 1. The fourth-order valence-electron chi connectivity index (χ4n) is 3.33. The van der Waals surface area contributed by atoms with Gasteiger partial charge in [0.05, 0.1) is 24.8 Å². The van der Waals surface area contributed by atoms with Crippen molar-refractivity contribution >= 4 is 11.0 Å². The summed E-state index contributed by atoms with van der Waals surface area (Å²) in [6.45, 7) is 6.92. The Bertz CT molecular complexity index is 931. The van der Waals surface area contributed by atoms with E-state index in [4.69, 9.17) is 9.47 Å². The molecule has 1 unspecified atom stereocenters. The third-order valence-electron chi connectivity index (χ3n) is 4.70. The molecule has 1 N–H and O–H groups in total. The summed E-state index contributed by atoms with van der Waals surface area (Å²) >= 11 is 0. The van der Waals surface area contributed by atoms with E-state index in [9.17, 15) is 5.11 Å². The molecular formula is C23H28N2O3. The van der Waals surface area contributed by atoms with Crippen molar-refractivity contribution in [3.05, 3.63) is 66.5 Å². The fourth-order valence-corrected chi connectivity index (χ4v) is 3.33. The highest BCUT2D eigenvalue weighted by molar-refractivity contribution is 5.76. The van der Waals surface area contributed by atoms with Gasteiger partial charge in [0.15, 0.2) is 11.5 Å². The second-order valence-electron chi connectivity index (χ2n) is 6.82. The van der Waals surface area contributed by atoms with Crippen LogP contribution < -0.4 is 9.47 Å². The third kappa shape index (κ3) is 4.54.